The molecule has 0 bridgehead atoms. The number of aromatic nitrogens is 2. The molecule has 2 heterocycles. The van der Waals surface area contributed by atoms with Gasteiger partial charge in [-0.15, -0.1) is 0 Å². The van der Waals surface area contributed by atoms with Gasteiger partial charge in [-0.05, 0) is 35.1 Å². The van der Waals surface area contributed by atoms with E-state index in [-0.39, 0.29) is 16.9 Å². The summed E-state index contributed by atoms with van der Waals surface area (Å²) in [6.45, 7) is 10.8. The van der Waals surface area contributed by atoms with Crippen LogP contribution in [0.2, 0.25) is 0 Å². The molecule has 3 rings (SSSR count). The number of benzene rings is 1. The number of aryl methyl sites for hydroxylation is 1. The Hall–Kier alpha value is -2.50. The van der Waals surface area contributed by atoms with Crippen molar-refractivity contribution in [1.82, 2.24) is 19.4 Å². The highest BCUT2D eigenvalue weighted by atomic mass is 32.2. The average molecular weight is 482 g/mol. The fraction of sp³-hybridized carbons (Fsp3) is 0.545. The van der Waals surface area contributed by atoms with Crippen molar-refractivity contribution < 1.29 is 22.3 Å². The zero-order valence-corrected chi connectivity index (χ0v) is 20.5. The Kier molecular flexibility index (Phi) is 7.76. The van der Waals surface area contributed by atoms with Crippen molar-refractivity contribution in [2.24, 2.45) is 7.05 Å². The molecule has 0 radical (unpaired) electrons. The molecule has 1 aliphatic heterocycles. The van der Waals surface area contributed by atoms with Crippen molar-refractivity contribution in [2.45, 2.75) is 51.1 Å². The smallest absolute Gasteiger partial charge is 0.333 e. The van der Waals surface area contributed by atoms with Gasteiger partial charge in [0.25, 0.3) is 10.0 Å². The molecule has 2 N–H and O–H groups in total. The molecule has 0 unspecified atom stereocenters. The number of hydrogen-bond acceptors (Lipinski definition) is 6. The Morgan fingerprint density at radius 2 is 1.70 bits per heavy atom. The molecule has 9 nitrogen and oxygen atoms in total. The normalized spacial score (nSPS) is 15.3. The standard InChI is InChI=1S/C22H32FN5O4S/c1-14(2)18-10-16(23)11-19(15(3)4)21(18)24-22(29)26-33(30,31)20-12-17(27(5)25-20)13-28-6-8-32-9-7-28/h10-12,14-15H,6-9,13H2,1-5H3,(H2,24,26,29). The summed E-state index contributed by atoms with van der Waals surface area (Å²) in [5, 5.41) is 6.48. The minimum Gasteiger partial charge on any atom is -0.379 e. The van der Waals surface area contributed by atoms with Crippen molar-refractivity contribution in [2.75, 3.05) is 31.6 Å². The largest absolute Gasteiger partial charge is 0.379 e. The van der Waals surface area contributed by atoms with Crippen LogP contribution in [-0.2, 0) is 28.4 Å². The van der Waals surface area contributed by atoms with Gasteiger partial charge in [0.2, 0.25) is 0 Å². The highest BCUT2D eigenvalue weighted by Gasteiger charge is 2.25. The molecule has 1 aromatic heterocycles. The monoisotopic (exact) mass is 481 g/mol. The van der Waals surface area contributed by atoms with E-state index in [1.165, 1.54) is 22.9 Å². The maximum absolute atomic E-state index is 14.1. The Labute approximate surface area is 194 Å². The average Bonchev–Trinajstić information content (AvgIpc) is 3.10. The van der Waals surface area contributed by atoms with E-state index in [4.69, 9.17) is 4.74 Å². The molecule has 1 saturated heterocycles. The Morgan fingerprint density at radius 3 is 2.24 bits per heavy atom. The van der Waals surface area contributed by atoms with E-state index in [0.717, 1.165) is 13.1 Å². The van der Waals surface area contributed by atoms with E-state index in [1.54, 1.807) is 7.05 Å². The van der Waals surface area contributed by atoms with Gasteiger partial charge in [0.1, 0.15) is 5.82 Å². The zero-order valence-electron chi connectivity index (χ0n) is 19.7. The fourth-order valence-electron chi connectivity index (χ4n) is 3.76. The first-order valence-corrected chi connectivity index (χ1v) is 12.5. The molecule has 1 aliphatic rings. The number of amides is 2. The van der Waals surface area contributed by atoms with E-state index < -0.39 is 21.9 Å². The molecule has 0 saturated carbocycles. The SMILES string of the molecule is CC(C)c1cc(F)cc(C(C)C)c1NC(=O)NS(=O)(=O)c1cc(CN2CCOCC2)n(C)n1. The highest BCUT2D eigenvalue weighted by molar-refractivity contribution is 7.90. The molecule has 0 aliphatic carbocycles. The summed E-state index contributed by atoms with van der Waals surface area (Å²) in [5.74, 6) is -0.561. The minimum absolute atomic E-state index is 0.0800. The topological polar surface area (TPSA) is 106 Å². The van der Waals surface area contributed by atoms with Crippen LogP contribution in [-0.4, -0.2) is 55.4 Å². The molecule has 1 aromatic carbocycles. The molecule has 33 heavy (non-hydrogen) atoms. The zero-order chi connectivity index (χ0) is 24.3. The van der Waals surface area contributed by atoms with Gasteiger partial charge in [0.15, 0.2) is 5.03 Å². The van der Waals surface area contributed by atoms with E-state index in [0.29, 0.717) is 42.3 Å². The summed E-state index contributed by atoms with van der Waals surface area (Å²) in [4.78, 5) is 14.8. The van der Waals surface area contributed by atoms with Crippen molar-refractivity contribution >= 4 is 21.7 Å². The molecule has 11 heteroatoms. The van der Waals surface area contributed by atoms with Crippen LogP contribution in [0.25, 0.3) is 0 Å². The lowest BCUT2D eigenvalue weighted by Gasteiger charge is -2.26. The molecule has 1 fully saturated rings. The van der Waals surface area contributed by atoms with Crippen LogP contribution in [0.15, 0.2) is 23.2 Å². The van der Waals surface area contributed by atoms with Crippen LogP contribution in [0.5, 0.6) is 0 Å². The minimum atomic E-state index is -4.21. The second-order valence-electron chi connectivity index (χ2n) is 8.81. The van der Waals surface area contributed by atoms with Gasteiger partial charge in [-0.25, -0.2) is 13.9 Å². The third kappa shape index (κ3) is 6.10. The summed E-state index contributed by atoms with van der Waals surface area (Å²) in [5.41, 5.74) is 2.32. The lowest BCUT2D eigenvalue weighted by Crippen LogP contribution is -2.36. The summed E-state index contributed by atoms with van der Waals surface area (Å²) in [6.07, 6.45) is 0. The number of carbonyl (C=O) groups is 1. The number of ether oxygens (including phenoxy) is 1. The number of halogens is 1. The highest BCUT2D eigenvalue weighted by Crippen LogP contribution is 2.33. The number of nitrogens with zero attached hydrogens (tertiary/aromatic N) is 3. The molecule has 2 aromatic rings. The van der Waals surface area contributed by atoms with Gasteiger partial charge in [-0.3, -0.25) is 9.58 Å². The van der Waals surface area contributed by atoms with Crippen LogP contribution < -0.4 is 10.0 Å². The molecule has 0 atom stereocenters. The van der Waals surface area contributed by atoms with Crippen LogP contribution in [0.3, 0.4) is 0 Å². The Bertz CT molecular complexity index is 1080. The summed E-state index contributed by atoms with van der Waals surface area (Å²) in [6, 6.07) is 3.25. The van der Waals surface area contributed by atoms with E-state index in [2.05, 4.69) is 15.3 Å². The first kappa shape index (κ1) is 25.1. The summed E-state index contributed by atoms with van der Waals surface area (Å²) >= 11 is 0. The maximum atomic E-state index is 14.1. The van der Waals surface area contributed by atoms with Gasteiger partial charge < -0.3 is 10.1 Å². The second kappa shape index (κ2) is 10.2. The molecular formula is C22H32FN5O4S. The van der Waals surface area contributed by atoms with Crippen molar-refractivity contribution in [3.8, 4) is 0 Å². The van der Waals surface area contributed by atoms with E-state index in [9.17, 15) is 17.6 Å². The molecule has 0 spiro atoms. The summed E-state index contributed by atoms with van der Waals surface area (Å²) < 4.78 is 48.7. The molecule has 182 valence electrons. The molecule has 2 amide bonds. The van der Waals surface area contributed by atoms with Crippen LogP contribution in [0.4, 0.5) is 14.9 Å². The summed E-state index contributed by atoms with van der Waals surface area (Å²) in [7, 11) is -2.54. The predicted octanol–water partition coefficient (Wildman–Crippen LogP) is 3.15. The van der Waals surface area contributed by atoms with Gasteiger partial charge in [-0.2, -0.15) is 13.5 Å². The number of anilines is 1. The van der Waals surface area contributed by atoms with Crippen LogP contribution in [0, 0.1) is 5.82 Å². The van der Waals surface area contributed by atoms with E-state index in [1.807, 2.05) is 32.4 Å². The lowest BCUT2D eigenvalue weighted by molar-refractivity contribution is 0.0331. The number of hydrogen-bond donors (Lipinski definition) is 2. The predicted molar refractivity (Wildman–Crippen MR) is 123 cm³/mol. The van der Waals surface area contributed by atoms with Crippen LogP contribution >= 0.6 is 0 Å². The third-order valence-electron chi connectivity index (χ3n) is 5.59. The van der Waals surface area contributed by atoms with Gasteiger partial charge in [0.05, 0.1) is 18.9 Å². The first-order chi connectivity index (χ1) is 15.5. The second-order valence-corrected chi connectivity index (χ2v) is 10.4. The van der Waals surface area contributed by atoms with Crippen molar-refractivity contribution in [3.05, 3.63) is 40.8 Å². The van der Waals surface area contributed by atoms with E-state index >= 15 is 0 Å². The number of urea groups is 1. The van der Waals surface area contributed by atoms with Crippen molar-refractivity contribution in [1.29, 1.82) is 0 Å². The fourth-order valence-corrected chi connectivity index (χ4v) is 4.68. The van der Waals surface area contributed by atoms with Gasteiger partial charge in [-0.1, -0.05) is 27.7 Å². The van der Waals surface area contributed by atoms with Gasteiger partial charge in [0, 0.05) is 38.4 Å². The maximum Gasteiger partial charge on any atom is 0.333 e. The number of carbonyl (C=O) groups excluding carboxylic acids is 1. The number of morpholine rings is 1. The first-order valence-electron chi connectivity index (χ1n) is 11.0. The quantitative estimate of drug-likeness (QED) is 0.629. The molecular weight excluding hydrogens is 449 g/mol. The van der Waals surface area contributed by atoms with Gasteiger partial charge >= 0.3 is 6.03 Å². The Balaban J connectivity index is 1.79. The lowest BCUT2D eigenvalue weighted by atomic mass is 9.92. The van der Waals surface area contributed by atoms with Crippen molar-refractivity contribution in [3.63, 3.8) is 0 Å². The third-order valence-corrected chi connectivity index (χ3v) is 6.80. The number of sulfonamides is 1. The van der Waals surface area contributed by atoms with Crippen LogP contribution in [0.1, 0.15) is 56.4 Å². The number of rotatable bonds is 7. The number of nitrogens with one attached hydrogen (secondary N) is 2. The Morgan fingerprint density at radius 1 is 1.12 bits per heavy atom.